The Morgan fingerprint density at radius 3 is 2.68 bits per heavy atom. The molecule has 1 amide bonds. The predicted molar refractivity (Wildman–Crippen MR) is 146 cm³/mol. The van der Waals surface area contributed by atoms with Crippen molar-refractivity contribution in [3.63, 3.8) is 0 Å². The molecule has 0 spiro atoms. The van der Waals surface area contributed by atoms with Crippen LogP contribution in [0.5, 0.6) is 0 Å². The van der Waals surface area contributed by atoms with Crippen LogP contribution in [0.4, 0.5) is 16.2 Å². The highest BCUT2D eigenvalue weighted by molar-refractivity contribution is 7.22. The quantitative estimate of drug-likeness (QED) is 0.385. The Hall–Kier alpha value is -3.44. The first kappa shape index (κ1) is 24.9. The number of nitrogens with zero attached hydrogens (tertiary/aromatic N) is 7. The third-order valence-corrected chi connectivity index (χ3v) is 8.98. The smallest absolute Gasteiger partial charge is 0.236 e. The Kier molecular flexibility index (Phi) is 6.14. The maximum Gasteiger partial charge on any atom is 0.236 e. The normalized spacial score (nSPS) is 20.1. The summed E-state index contributed by atoms with van der Waals surface area (Å²) in [5, 5.41) is 3.12. The fraction of sp³-hybridized carbons (Fsp3) is 0.444. The second-order valence-corrected chi connectivity index (χ2v) is 11.5. The number of piperazine rings is 1. The van der Waals surface area contributed by atoms with Gasteiger partial charge < -0.3 is 14.8 Å². The monoisotopic (exact) mass is 534 g/mol. The van der Waals surface area contributed by atoms with E-state index in [9.17, 15) is 9.18 Å². The lowest BCUT2D eigenvalue weighted by atomic mass is 10.1. The van der Waals surface area contributed by atoms with E-state index in [0.29, 0.717) is 18.4 Å². The van der Waals surface area contributed by atoms with Crippen molar-refractivity contribution in [2.45, 2.75) is 58.7 Å². The Labute approximate surface area is 224 Å². The van der Waals surface area contributed by atoms with E-state index in [1.807, 2.05) is 44.1 Å². The number of aromatic nitrogens is 5. The van der Waals surface area contributed by atoms with Crippen molar-refractivity contribution in [1.29, 1.82) is 0 Å². The van der Waals surface area contributed by atoms with Crippen LogP contribution in [0.25, 0.3) is 20.9 Å². The van der Waals surface area contributed by atoms with Gasteiger partial charge in [0.1, 0.15) is 27.7 Å². The molecule has 38 heavy (non-hydrogen) atoms. The zero-order valence-corrected chi connectivity index (χ0v) is 23.0. The molecule has 4 aromatic heterocycles. The van der Waals surface area contributed by atoms with Gasteiger partial charge >= 0.3 is 0 Å². The summed E-state index contributed by atoms with van der Waals surface area (Å²) in [6.07, 6.45) is 5.12. The number of anilines is 2. The number of nitrogens with one attached hydrogen (secondary N) is 1. The molecule has 11 heteroatoms. The number of hydrogen-bond donors (Lipinski definition) is 1. The molecule has 0 radical (unpaired) electrons. The second-order valence-electron chi connectivity index (χ2n) is 10.5. The number of aryl methyl sites for hydroxylation is 2. The number of likely N-dealkylation sites (N-methyl/N-ethyl adjacent to an activating group) is 1. The van der Waals surface area contributed by atoms with Gasteiger partial charge in [0.25, 0.3) is 0 Å². The number of pyridine rings is 1. The molecule has 2 aliphatic rings. The molecule has 6 heterocycles. The number of hydrogen-bond acceptors (Lipinski definition) is 8. The Morgan fingerprint density at radius 2 is 1.95 bits per heavy atom. The van der Waals surface area contributed by atoms with Gasteiger partial charge in [-0.3, -0.25) is 9.69 Å². The fourth-order valence-electron chi connectivity index (χ4n) is 5.78. The topological polar surface area (TPSA) is 92.1 Å². The third kappa shape index (κ3) is 4.14. The number of halogens is 1. The minimum Gasteiger partial charge on any atom is -0.343 e. The van der Waals surface area contributed by atoms with Crippen LogP contribution < -0.4 is 5.32 Å². The predicted octanol–water partition coefficient (Wildman–Crippen LogP) is 5.01. The number of imidazole rings is 1. The number of thiophene rings is 1. The highest BCUT2D eigenvalue weighted by Gasteiger charge is 2.40. The van der Waals surface area contributed by atoms with Crippen LogP contribution in [-0.2, 0) is 4.79 Å². The summed E-state index contributed by atoms with van der Waals surface area (Å²) in [5.41, 5.74) is 3.14. The molecule has 6 rings (SSSR count). The second kappa shape index (κ2) is 9.39. The molecule has 2 atom stereocenters. The minimum atomic E-state index is -0.476. The minimum absolute atomic E-state index is 0.161. The summed E-state index contributed by atoms with van der Waals surface area (Å²) in [5.74, 6) is 1.49. The third-order valence-electron chi connectivity index (χ3n) is 7.70. The van der Waals surface area contributed by atoms with Gasteiger partial charge in [0.2, 0.25) is 11.9 Å². The first-order chi connectivity index (χ1) is 18.2. The molecule has 2 saturated heterocycles. The van der Waals surface area contributed by atoms with Gasteiger partial charge in [-0.1, -0.05) is 6.07 Å². The molecule has 0 aliphatic carbocycles. The molecule has 2 unspecified atom stereocenters. The van der Waals surface area contributed by atoms with Crippen LogP contribution in [0.3, 0.4) is 0 Å². The fourth-order valence-corrected chi connectivity index (χ4v) is 7.20. The Morgan fingerprint density at radius 1 is 1.13 bits per heavy atom. The van der Waals surface area contributed by atoms with E-state index in [2.05, 4.69) is 43.6 Å². The molecule has 9 nitrogen and oxygen atoms in total. The number of fused-ring (bicyclic) bond motifs is 2. The van der Waals surface area contributed by atoms with E-state index < -0.39 is 5.82 Å². The van der Waals surface area contributed by atoms with E-state index in [1.165, 1.54) is 17.5 Å². The van der Waals surface area contributed by atoms with Crippen LogP contribution >= 0.6 is 11.3 Å². The van der Waals surface area contributed by atoms with E-state index >= 15 is 0 Å². The van der Waals surface area contributed by atoms with Crippen molar-refractivity contribution in [1.82, 2.24) is 34.3 Å². The number of amides is 1. The van der Waals surface area contributed by atoms with E-state index in [-0.39, 0.29) is 29.6 Å². The van der Waals surface area contributed by atoms with Gasteiger partial charge in [0, 0.05) is 37.9 Å². The molecule has 0 aromatic carbocycles. The van der Waals surface area contributed by atoms with Crippen LogP contribution in [0.1, 0.15) is 55.7 Å². The summed E-state index contributed by atoms with van der Waals surface area (Å²) >= 11 is 1.50. The number of carbonyl (C=O) groups excluding carboxylic acids is 1. The van der Waals surface area contributed by atoms with Crippen LogP contribution in [-0.4, -0.2) is 66.4 Å². The zero-order valence-electron chi connectivity index (χ0n) is 22.2. The van der Waals surface area contributed by atoms with Gasteiger partial charge in [-0.05, 0) is 57.7 Å². The van der Waals surface area contributed by atoms with Gasteiger partial charge in [-0.15, -0.1) is 11.3 Å². The van der Waals surface area contributed by atoms with Crippen LogP contribution in [0.15, 0.2) is 24.5 Å². The average Bonchev–Trinajstić information content (AvgIpc) is 3.53. The largest absolute Gasteiger partial charge is 0.343 e. The maximum atomic E-state index is 14.9. The summed E-state index contributed by atoms with van der Waals surface area (Å²) < 4.78 is 17.1. The molecule has 0 bridgehead atoms. The molecule has 2 aliphatic heterocycles. The van der Waals surface area contributed by atoms with E-state index in [1.54, 1.807) is 0 Å². The Balaban J connectivity index is 1.24. The summed E-state index contributed by atoms with van der Waals surface area (Å²) in [4.78, 5) is 36.1. The average molecular weight is 535 g/mol. The van der Waals surface area contributed by atoms with Crippen molar-refractivity contribution in [3.05, 3.63) is 47.3 Å². The molecular formula is C27H31FN8OS. The first-order valence-electron chi connectivity index (χ1n) is 12.9. The summed E-state index contributed by atoms with van der Waals surface area (Å²) in [6.45, 7) is 9.41. The van der Waals surface area contributed by atoms with Crippen molar-refractivity contribution >= 4 is 39.4 Å². The van der Waals surface area contributed by atoms with Crippen LogP contribution in [0, 0.1) is 19.7 Å². The lowest BCUT2D eigenvalue weighted by Gasteiger charge is -2.37. The zero-order chi connectivity index (χ0) is 26.7. The lowest BCUT2D eigenvalue weighted by molar-refractivity contribution is -0.136. The lowest BCUT2D eigenvalue weighted by Crippen LogP contribution is -2.52. The molecule has 2 fully saturated rings. The van der Waals surface area contributed by atoms with Gasteiger partial charge in [0.15, 0.2) is 5.82 Å². The number of carbonyl (C=O) groups is 1. The highest BCUT2D eigenvalue weighted by atomic mass is 32.1. The van der Waals surface area contributed by atoms with Gasteiger partial charge in [-0.2, -0.15) is 0 Å². The van der Waals surface area contributed by atoms with Crippen LogP contribution in [0.2, 0.25) is 0 Å². The first-order valence-corrected chi connectivity index (χ1v) is 13.8. The highest BCUT2D eigenvalue weighted by Crippen LogP contribution is 2.40. The molecule has 0 saturated carbocycles. The van der Waals surface area contributed by atoms with Gasteiger partial charge in [0.05, 0.1) is 17.6 Å². The van der Waals surface area contributed by atoms with Crippen molar-refractivity contribution < 1.29 is 9.18 Å². The van der Waals surface area contributed by atoms with Crippen molar-refractivity contribution in [3.8, 4) is 10.6 Å². The summed E-state index contributed by atoms with van der Waals surface area (Å²) in [7, 11) is 1.87. The van der Waals surface area contributed by atoms with E-state index in [4.69, 9.17) is 4.98 Å². The van der Waals surface area contributed by atoms with Crippen molar-refractivity contribution in [2.75, 3.05) is 25.5 Å². The molecule has 4 aromatic rings. The molecule has 198 valence electrons. The molecular weight excluding hydrogens is 503 g/mol. The standard InChI is InChI=1S/C27H31FN8OS/c1-14(2)36-16(4)31-23-15(3)25(38-26(23)36)24-19(28)11-30-27(33-24)32-21-9-6-17(10-29-21)20-8-7-18-12-34(5)22(37)13-35(18)20/h6,9-11,14,18,20H,7-8,12-13H2,1-5H3,(H,29,30,32,33). The SMILES string of the molecule is Cc1c(-c2nc(Nc3ccc(C4CCC5CN(C)C(=O)CN54)cn3)ncc2F)sc2c1nc(C)n2C(C)C. The molecule has 1 N–H and O–H groups in total. The number of rotatable bonds is 5. The van der Waals surface area contributed by atoms with E-state index in [0.717, 1.165) is 51.6 Å². The van der Waals surface area contributed by atoms with Gasteiger partial charge in [-0.25, -0.2) is 24.3 Å². The maximum absolute atomic E-state index is 14.9. The Bertz CT molecular complexity index is 1530. The summed E-state index contributed by atoms with van der Waals surface area (Å²) in [6, 6.07) is 4.75. The van der Waals surface area contributed by atoms with Crippen molar-refractivity contribution in [2.24, 2.45) is 0 Å².